The van der Waals surface area contributed by atoms with E-state index in [0.29, 0.717) is 16.9 Å². The highest BCUT2D eigenvalue weighted by Crippen LogP contribution is 2.48. The molecule has 0 aromatic heterocycles. The van der Waals surface area contributed by atoms with Crippen LogP contribution in [0.1, 0.15) is 29.8 Å². The average Bonchev–Trinajstić information content (AvgIpc) is 3.00. The van der Waals surface area contributed by atoms with Crippen molar-refractivity contribution < 1.29 is 23.8 Å². The van der Waals surface area contributed by atoms with Gasteiger partial charge in [-0.3, -0.25) is 0 Å². The zero-order valence-corrected chi connectivity index (χ0v) is 23.7. The largest absolute Gasteiger partial charge is 0.496 e. The second kappa shape index (κ2) is 13.6. The monoisotopic (exact) mass is 553 g/mol. The summed E-state index contributed by atoms with van der Waals surface area (Å²) >= 11 is 0. The molecule has 0 radical (unpaired) electrons. The Labute approximate surface area is 235 Å². The highest BCUT2D eigenvalue weighted by molar-refractivity contribution is 7.87. The van der Waals surface area contributed by atoms with Crippen LogP contribution in [-0.2, 0) is 14.3 Å². The van der Waals surface area contributed by atoms with Crippen LogP contribution >= 0.6 is 7.05 Å². The minimum absolute atomic E-state index is 0.117. The van der Waals surface area contributed by atoms with Crippen molar-refractivity contribution in [3.05, 3.63) is 126 Å². The SMILES string of the molecule is CCOC(=O)/C(=C/c1cc(C(=O)OCC)ccc1OC)N=P(c1ccccc1)(c1ccccc1)c1ccccc1. The van der Waals surface area contributed by atoms with Gasteiger partial charge in [-0.1, -0.05) is 91.0 Å². The lowest BCUT2D eigenvalue weighted by Gasteiger charge is -2.27. The minimum Gasteiger partial charge on any atom is -0.496 e. The van der Waals surface area contributed by atoms with E-state index in [1.54, 1.807) is 38.1 Å². The lowest BCUT2D eigenvalue weighted by molar-refractivity contribution is -0.138. The van der Waals surface area contributed by atoms with Crippen LogP contribution in [0.15, 0.2) is 120 Å². The molecule has 0 aliphatic heterocycles. The van der Waals surface area contributed by atoms with Gasteiger partial charge >= 0.3 is 11.9 Å². The van der Waals surface area contributed by atoms with E-state index in [1.807, 2.05) is 91.0 Å². The molecule has 0 amide bonds. The van der Waals surface area contributed by atoms with Crippen LogP contribution in [0.5, 0.6) is 5.75 Å². The van der Waals surface area contributed by atoms with Gasteiger partial charge in [0.15, 0.2) is 0 Å². The summed E-state index contributed by atoms with van der Waals surface area (Å²) in [5.74, 6) is -0.555. The molecule has 7 heteroatoms. The fourth-order valence-electron chi connectivity index (χ4n) is 4.38. The smallest absolute Gasteiger partial charge is 0.356 e. The first-order valence-electron chi connectivity index (χ1n) is 13.1. The van der Waals surface area contributed by atoms with Crippen molar-refractivity contribution in [1.29, 1.82) is 0 Å². The zero-order valence-electron chi connectivity index (χ0n) is 22.8. The number of benzene rings is 4. The van der Waals surface area contributed by atoms with E-state index in [2.05, 4.69) is 0 Å². The fourth-order valence-corrected chi connectivity index (χ4v) is 7.90. The summed E-state index contributed by atoms with van der Waals surface area (Å²) in [6.07, 6.45) is 1.63. The third-order valence-corrected chi connectivity index (χ3v) is 9.82. The van der Waals surface area contributed by atoms with Crippen molar-refractivity contribution >= 4 is 41.0 Å². The van der Waals surface area contributed by atoms with E-state index in [-0.39, 0.29) is 18.9 Å². The third kappa shape index (κ3) is 6.24. The standard InChI is InChI=1S/C33H32NO5P/c1-4-38-32(35)25-21-22-31(37-3)26(23-25)24-30(33(36)39-5-2)34-40(27-15-9-6-10-16-27,28-17-11-7-12-18-28)29-19-13-8-14-20-29/h6-24H,4-5H2,1-3H3/b30-24-. The van der Waals surface area contributed by atoms with Gasteiger partial charge in [0.05, 0.1) is 32.9 Å². The second-order valence-corrected chi connectivity index (χ2v) is 11.7. The topological polar surface area (TPSA) is 74.2 Å². The summed E-state index contributed by atoms with van der Waals surface area (Å²) < 4.78 is 21.6. The highest BCUT2D eigenvalue weighted by atomic mass is 31.2. The van der Waals surface area contributed by atoms with Crippen LogP contribution in [0.25, 0.3) is 6.08 Å². The Morgan fingerprint density at radius 3 is 1.68 bits per heavy atom. The van der Waals surface area contributed by atoms with E-state index in [1.165, 1.54) is 7.11 Å². The second-order valence-electron chi connectivity index (χ2n) is 8.67. The molecule has 204 valence electrons. The van der Waals surface area contributed by atoms with Crippen molar-refractivity contribution in [3.63, 3.8) is 0 Å². The number of carbonyl (C=O) groups excluding carboxylic acids is 2. The summed E-state index contributed by atoms with van der Waals surface area (Å²) in [7, 11) is -1.23. The van der Waals surface area contributed by atoms with Crippen LogP contribution in [0.4, 0.5) is 0 Å². The Kier molecular flexibility index (Phi) is 9.71. The van der Waals surface area contributed by atoms with Gasteiger partial charge in [-0.2, -0.15) is 0 Å². The molecule has 0 unspecified atom stereocenters. The number of hydrogen-bond donors (Lipinski definition) is 0. The summed E-state index contributed by atoms with van der Waals surface area (Å²) in [5.41, 5.74) is 0.963. The molecule has 0 aliphatic rings. The van der Waals surface area contributed by atoms with Gasteiger partial charge in [-0.25, -0.2) is 14.3 Å². The van der Waals surface area contributed by atoms with Crippen molar-refractivity contribution in [2.45, 2.75) is 13.8 Å². The summed E-state index contributed by atoms with van der Waals surface area (Å²) in [6, 6.07) is 34.9. The molecular formula is C33H32NO5P. The van der Waals surface area contributed by atoms with Crippen LogP contribution in [0.3, 0.4) is 0 Å². The lowest BCUT2D eigenvalue weighted by atomic mass is 10.1. The number of rotatable bonds is 10. The first-order valence-corrected chi connectivity index (χ1v) is 14.8. The van der Waals surface area contributed by atoms with Gasteiger partial charge in [0.2, 0.25) is 0 Å². The van der Waals surface area contributed by atoms with E-state index >= 15 is 0 Å². The van der Waals surface area contributed by atoms with Crippen molar-refractivity contribution in [1.82, 2.24) is 0 Å². The number of ether oxygens (including phenoxy) is 3. The molecule has 0 N–H and O–H groups in total. The molecule has 0 bridgehead atoms. The lowest BCUT2D eigenvalue weighted by Crippen LogP contribution is -2.26. The van der Waals surface area contributed by atoms with Crippen LogP contribution in [0.2, 0.25) is 0 Å². The van der Waals surface area contributed by atoms with Crippen molar-refractivity contribution in [2.75, 3.05) is 20.3 Å². The van der Waals surface area contributed by atoms with E-state index in [9.17, 15) is 9.59 Å². The van der Waals surface area contributed by atoms with E-state index < -0.39 is 19.0 Å². The molecule has 4 aromatic rings. The molecule has 0 heterocycles. The minimum atomic E-state index is -2.77. The molecule has 0 aliphatic carbocycles. The Balaban J connectivity index is 2.10. The maximum atomic E-state index is 13.5. The molecule has 0 atom stereocenters. The molecule has 40 heavy (non-hydrogen) atoms. The Morgan fingerprint density at radius 1 is 0.725 bits per heavy atom. The number of methoxy groups -OCH3 is 1. The Bertz CT molecular complexity index is 1430. The van der Waals surface area contributed by atoms with Crippen molar-refractivity contribution in [3.8, 4) is 5.75 Å². The predicted octanol–water partition coefficient (Wildman–Crippen LogP) is 5.95. The number of hydrogen-bond acceptors (Lipinski definition) is 6. The number of esters is 2. The zero-order chi connectivity index (χ0) is 28.4. The quantitative estimate of drug-likeness (QED) is 0.138. The summed E-state index contributed by atoms with van der Waals surface area (Å²) in [6.45, 7) is 3.93. The maximum absolute atomic E-state index is 13.5. The van der Waals surface area contributed by atoms with Crippen LogP contribution < -0.4 is 20.7 Å². The Morgan fingerprint density at radius 2 is 1.23 bits per heavy atom. The molecular weight excluding hydrogens is 521 g/mol. The van der Waals surface area contributed by atoms with Gasteiger partial charge in [-0.05, 0) is 38.1 Å². The third-order valence-electron chi connectivity index (χ3n) is 6.16. The molecule has 0 saturated heterocycles. The van der Waals surface area contributed by atoms with Gasteiger partial charge in [0.25, 0.3) is 0 Å². The van der Waals surface area contributed by atoms with Gasteiger partial charge in [0.1, 0.15) is 11.4 Å². The summed E-state index contributed by atoms with van der Waals surface area (Å²) in [5, 5.41) is 2.94. The molecule has 0 spiro atoms. The van der Waals surface area contributed by atoms with Crippen molar-refractivity contribution in [2.24, 2.45) is 4.74 Å². The Hall–Kier alpha value is -4.41. The average molecular weight is 554 g/mol. The predicted molar refractivity (Wildman–Crippen MR) is 161 cm³/mol. The van der Waals surface area contributed by atoms with E-state index in [4.69, 9.17) is 19.0 Å². The first kappa shape index (κ1) is 28.6. The fraction of sp³-hybridized carbons (Fsp3) is 0.152. The number of carbonyl (C=O) groups is 2. The van der Waals surface area contributed by atoms with E-state index in [0.717, 1.165) is 15.9 Å². The van der Waals surface area contributed by atoms with Crippen LogP contribution in [0, 0.1) is 0 Å². The van der Waals surface area contributed by atoms with Gasteiger partial charge < -0.3 is 14.2 Å². The summed E-state index contributed by atoms with van der Waals surface area (Å²) in [4.78, 5) is 26.1. The molecule has 6 nitrogen and oxygen atoms in total. The first-order chi connectivity index (χ1) is 19.5. The van der Waals surface area contributed by atoms with Crippen LogP contribution in [-0.4, -0.2) is 32.3 Å². The maximum Gasteiger partial charge on any atom is 0.356 e. The van der Waals surface area contributed by atoms with Gasteiger partial charge in [-0.15, -0.1) is 0 Å². The molecule has 0 fully saturated rings. The molecule has 0 saturated carbocycles. The molecule has 4 rings (SSSR count). The van der Waals surface area contributed by atoms with Gasteiger partial charge in [0, 0.05) is 21.5 Å². The molecule has 4 aromatic carbocycles. The normalized spacial score (nSPS) is 11.4. The highest BCUT2D eigenvalue weighted by Gasteiger charge is 2.29. The number of nitrogens with zero attached hydrogens (tertiary/aromatic N) is 1.